The third-order valence-electron chi connectivity index (χ3n) is 1.79. The van der Waals surface area contributed by atoms with Gasteiger partial charge < -0.3 is 16.8 Å². The van der Waals surface area contributed by atoms with Crippen molar-refractivity contribution in [2.45, 2.75) is 13.0 Å². The number of carbonyl (C=O) groups excluding carboxylic acids is 2. The van der Waals surface area contributed by atoms with Gasteiger partial charge in [0.1, 0.15) is 0 Å². The van der Waals surface area contributed by atoms with Crippen LogP contribution >= 0.6 is 0 Å². The van der Waals surface area contributed by atoms with Crippen molar-refractivity contribution in [2.75, 3.05) is 13.1 Å². The molecule has 0 aliphatic rings. The van der Waals surface area contributed by atoms with Gasteiger partial charge in [0.15, 0.2) is 5.69 Å². The van der Waals surface area contributed by atoms with Crippen molar-refractivity contribution in [3.63, 3.8) is 0 Å². The molecule has 1 rings (SSSR count). The molecule has 0 bridgehead atoms. The maximum atomic E-state index is 11.4. The fraction of sp³-hybridized carbons (Fsp3) is 0.500. The van der Waals surface area contributed by atoms with E-state index in [4.69, 9.17) is 11.5 Å². The molecule has 0 radical (unpaired) electrons. The second-order valence-corrected chi connectivity index (χ2v) is 3.13. The second-order valence-electron chi connectivity index (χ2n) is 3.13. The van der Waals surface area contributed by atoms with Gasteiger partial charge in [-0.05, 0) is 0 Å². The van der Waals surface area contributed by atoms with E-state index in [-0.39, 0.29) is 24.6 Å². The van der Waals surface area contributed by atoms with E-state index >= 15 is 0 Å². The zero-order valence-corrected chi connectivity index (χ0v) is 8.72. The largest absolute Gasteiger partial charge is 0.370 e. The fourth-order valence-corrected chi connectivity index (χ4v) is 1.03. The molecule has 0 saturated heterocycles. The van der Waals surface area contributed by atoms with Crippen molar-refractivity contribution in [3.8, 4) is 0 Å². The maximum absolute atomic E-state index is 11.4. The Bertz CT molecular complexity index is 374. The Morgan fingerprint density at radius 3 is 2.88 bits per heavy atom. The lowest BCUT2D eigenvalue weighted by atomic mass is 10.4. The van der Waals surface area contributed by atoms with E-state index in [2.05, 4.69) is 15.6 Å². The number of nitrogens with two attached hydrogens (primary N) is 2. The van der Waals surface area contributed by atoms with Crippen LogP contribution < -0.4 is 16.8 Å². The summed E-state index contributed by atoms with van der Waals surface area (Å²) in [4.78, 5) is 21.9. The summed E-state index contributed by atoms with van der Waals surface area (Å²) < 4.78 is 1.48. The van der Waals surface area contributed by atoms with Crippen LogP contribution in [0, 0.1) is 0 Å². The molecule has 88 valence electrons. The molecule has 0 saturated carbocycles. The first-order chi connectivity index (χ1) is 7.63. The summed E-state index contributed by atoms with van der Waals surface area (Å²) in [7, 11) is 0. The molecule has 1 aromatic rings. The minimum atomic E-state index is -0.466. The molecular formula is C8H14N6O2. The first kappa shape index (κ1) is 12.1. The number of nitrogens with zero attached hydrogens (tertiary/aromatic N) is 3. The van der Waals surface area contributed by atoms with Gasteiger partial charge in [-0.15, -0.1) is 5.10 Å². The summed E-state index contributed by atoms with van der Waals surface area (Å²) in [5, 5.41) is 9.86. The van der Waals surface area contributed by atoms with Crippen molar-refractivity contribution < 1.29 is 9.59 Å². The summed E-state index contributed by atoms with van der Waals surface area (Å²) in [6.45, 7) is 1.12. The summed E-state index contributed by atoms with van der Waals surface area (Å²) in [5.74, 6) is -0.850. The minimum absolute atomic E-state index is 0.0999. The van der Waals surface area contributed by atoms with Gasteiger partial charge in [-0.25, -0.2) is 0 Å². The van der Waals surface area contributed by atoms with Crippen LogP contribution in [0.25, 0.3) is 0 Å². The van der Waals surface area contributed by atoms with E-state index in [0.29, 0.717) is 13.1 Å². The molecule has 0 unspecified atom stereocenters. The minimum Gasteiger partial charge on any atom is -0.370 e. The fourth-order valence-electron chi connectivity index (χ4n) is 1.03. The zero-order valence-electron chi connectivity index (χ0n) is 8.72. The first-order valence-corrected chi connectivity index (χ1v) is 4.80. The van der Waals surface area contributed by atoms with Crippen LogP contribution in [-0.2, 0) is 11.3 Å². The van der Waals surface area contributed by atoms with Crippen molar-refractivity contribution in [1.82, 2.24) is 20.3 Å². The number of primary amides is 1. The number of rotatable bonds is 6. The molecule has 0 fully saturated rings. The lowest BCUT2D eigenvalue weighted by Gasteiger charge is -1.99. The standard InChI is InChI=1S/C8H14N6O2/c9-2-4-14-5-6(12-13-14)8(16)11-3-1-7(10)15/h5H,1-4,9H2,(H2,10,15)(H,11,16). The highest BCUT2D eigenvalue weighted by molar-refractivity contribution is 5.92. The van der Waals surface area contributed by atoms with Crippen LogP contribution in [-0.4, -0.2) is 39.9 Å². The smallest absolute Gasteiger partial charge is 0.273 e. The third kappa shape index (κ3) is 3.65. The summed E-state index contributed by atoms with van der Waals surface area (Å²) in [5.41, 5.74) is 10.4. The van der Waals surface area contributed by atoms with E-state index in [1.54, 1.807) is 0 Å². The molecule has 0 spiro atoms. The molecule has 1 heterocycles. The predicted octanol–water partition coefficient (Wildman–Crippen LogP) is -2.16. The lowest BCUT2D eigenvalue weighted by Crippen LogP contribution is -2.28. The maximum Gasteiger partial charge on any atom is 0.273 e. The van der Waals surface area contributed by atoms with Gasteiger partial charge in [0, 0.05) is 19.5 Å². The Hall–Kier alpha value is -1.96. The third-order valence-corrected chi connectivity index (χ3v) is 1.79. The quantitative estimate of drug-likeness (QED) is 0.509. The van der Waals surface area contributed by atoms with E-state index in [0.717, 1.165) is 0 Å². The van der Waals surface area contributed by atoms with Gasteiger partial charge in [-0.2, -0.15) is 0 Å². The van der Waals surface area contributed by atoms with Gasteiger partial charge in [0.25, 0.3) is 5.91 Å². The topological polar surface area (TPSA) is 129 Å². The number of hydrogen-bond donors (Lipinski definition) is 3. The Kier molecular flexibility index (Phi) is 4.40. The molecule has 8 nitrogen and oxygen atoms in total. The molecule has 0 atom stereocenters. The van der Waals surface area contributed by atoms with Crippen molar-refractivity contribution in [3.05, 3.63) is 11.9 Å². The van der Waals surface area contributed by atoms with Gasteiger partial charge in [-0.1, -0.05) is 5.21 Å². The molecule has 8 heteroatoms. The summed E-state index contributed by atoms with van der Waals surface area (Å²) >= 11 is 0. The van der Waals surface area contributed by atoms with Crippen LogP contribution in [0.5, 0.6) is 0 Å². The lowest BCUT2D eigenvalue weighted by molar-refractivity contribution is -0.117. The van der Waals surface area contributed by atoms with Crippen LogP contribution in [0.15, 0.2) is 6.20 Å². The molecule has 16 heavy (non-hydrogen) atoms. The number of hydrogen-bond acceptors (Lipinski definition) is 5. The van der Waals surface area contributed by atoms with Gasteiger partial charge >= 0.3 is 0 Å². The van der Waals surface area contributed by atoms with Gasteiger partial charge in [0.05, 0.1) is 12.7 Å². The van der Waals surface area contributed by atoms with E-state index in [1.165, 1.54) is 10.9 Å². The van der Waals surface area contributed by atoms with E-state index in [1.807, 2.05) is 0 Å². The Morgan fingerprint density at radius 2 is 2.25 bits per heavy atom. The van der Waals surface area contributed by atoms with Crippen LogP contribution in [0.4, 0.5) is 0 Å². The molecule has 0 aliphatic heterocycles. The highest BCUT2D eigenvalue weighted by atomic mass is 16.2. The highest BCUT2D eigenvalue weighted by Gasteiger charge is 2.09. The zero-order chi connectivity index (χ0) is 12.0. The Morgan fingerprint density at radius 1 is 1.50 bits per heavy atom. The normalized spacial score (nSPS) is 10.1. The van der Waals surface area contributed by atoms with Gasteiger partial charge in [0.2, 0.25) is 5.91 Å². The SMILES string of the molecule is NCCn1cc(C(=O)NCCC(N)=O)nn1. The van der Waals surface area contributed by atoms with Crippen molar-refractivity contribution in [1.29, 1.82) is 0 Å². The molecule has 1 aromatic heterocycles. The van der Waals surface area contributed by atoms with E-state index < -0.39 is 5.91 Å². The monoisotopic (exact) mass is 226 g/mol. The van der Waals surface area contributed by atoms with Crippen molar-refractivity contribution in [2.24, 2.45) is 11.5 Å². The van der Waals surface area contributed by atoms with E-state index in [9.17, 15) is 9.59 Å². The Labute approximate surface area is 92.0 Å². The molecule has 0 aliphatic carbocycles. The second kappa shape index (κ2) is 5.81. The average molecular weight is 226 g/mol. The van der Waals surface area contributed by atoms with Crippen LogP contribution in [0.2, 0.25) is 0 Å². The van der Waals surface area contributed by atoms with Gasteiger partial charge in [-0.3, -0.25) is 14.3 Å². The number of carbonyl (C=O) groups is 2. The Balaban J connectivity index is 2.43. The van der Waals surface area contributed by atoms with Crippen LogP contribution in [0.3, 0.4) is 0 Å². The van der Waals surface area contributed by atoms with Crippen LogP contribution in [0.1, 0.15) is 16.9 Å². The van der Waals surface area contributed by atoms with Crippen molar-refractivity contribution >= 4 is 11.8 Å². The summed E-state index contributed by atoms with van der Waals surface area (Å²) in [6, 6.07) is 0. The average Bonchev–Trinajstić information content (AvgIpc) is 2.66. The number of amides is 2. The molecule has 2 amide bonds. The molecule has 5 N–H and O–H groups in total. The number of nitrogens with one attached hydrogen (secondary N) is 1. The number of aromatic nitrogens is 3. The molecular weight excluding hydrogens is 212 g/mol. The molecule has 0 aromatic carbocycles. The highest BCUT2D eigenvalue weighted by Crippen LogP contribution is 1.92. The predicted molar refractivity (Wildman–Crippen MR) is 55.2 cm³/mol. The summed E-state index contributed by atoms with van der Waals surface area (Å²) in [6.07, 6.45) is 1.59. The first-order valence-electron chi connectivity index (χ1n) is 4.80.